The molecule has 1 amide bonds. The van der Waals surface area contributed by atoms with Gasteiger partial charge in [0.1, 0.15) is 12.4 Å². The Morgan fingerprint density at radius 3 is 2.56 bits per heavy atom. The summed E-state index contributed by atoms with van der Waals surface area (Å²) in [7, 11) is -3.36. The van der Waals surface area contributed by atoms with Crippen molar-refractivity contribution in [3.63, 3.8) is 0 Å². The molecule has 174 valence electrons. The first kappa shape index (κ1) is 24.3. The first-order valence-electron chi connectivity index (χ1n) is 11.5. The van der Waals surface area contributed by atoms with Crippen LogP contribution < -0.4 is 10.1 Å². The van der Waals surface area contributed by atoms with Crippen LogP contribution in [0.25, 0.3) is 0 Å². The molecule has 1 heterocycles. The maximum absolute atomic E-state index is 12.8. The Bertz CT molecular complexity index is 946. The van der Waals surface area contributed by atoms with E-state index in [0.717, 1.165) is 24.2 Å². The van der Waals surface area contributed by atoms with Crippen molar-refractivity contribution in [1.29, 1.82) is 0 Å². The van der Waals surface area contributed by atoms with E-state index in [1.54, 1.807) is 0 Å². The number of carbonyl (C=O) groups excluding carboxylic acids is 1. The van der Waals surface area contributed by atoms with Crippen LogP contribution in [0.3, 0.4) is 0 Å². The normalized spacial score (nSPS) is 17.1. The fraction of sp³-hybridized carbons (Fsp3) is 0.480. The third-order valence-electron chi connectivity index (χ3n) is 5.86. The number of benzene rings is 2. The van der Waals surface area contributed by atoms with Gasteiger partial charge in [-0.3, -0.25) is 4.79 Å². The zero-order chi connectivity index (χ0) is 22.8. The maximum Gasteiger partial charge on any atom is 0.224 e. The van der Waals surface area contributed by atoms with E-state index in [9.17, 15) is 13.2 Å². The van der Waals surface area contributed by atoms with Gasteiger partial charge in [-0.15, -0.1) is 0 Å². The second-order valence-corrected chi connectivity index (χ2v) is 10.3. The first-order chi connectivity index (χ1) is 15.5. The zero-order valence-corrected chi connectivity index (χ0v) is 19.6. The maximum atomic E-state index is 12.8. The van der Waals surface area contributed by atoms with E-state index in [1.165, 1.54) is 9.87 Å². The third kappa shape index (κ3) is 7.35. The third-order valence-corrected chi connectivity index (χ3v) is 7.78. The number of ether oxygens (including phenoxy) is 1. The fourth-order valence-electron chi connectivity index (χ4n) is 3.95. The van der Waals surface area contributed by atoms with Gasteiger partial charge in [-0.2, -0.15) is 0 Å². The van der Waals surface area contributed by atoms with Crippen molar-refractivity contribution in [3.05, 3.63) is 65.7 Å². The van der Waals surface area contributed by atoms with Crippen LogP contribution in [0.4, 0.5) is 0 Å². The van der Waals surface area contributed by atoms with Gasteiger partial charge >= 0.3 is 0 Å². The summed E-state index contributed by atoms with van der Waals surface area (Å²) in [6.07, 6.45) is 3.71. The van der Waals surface area contributed by atoms with Crippen LogP contribution in [0.5, 0.6) is 5.75 Å². The molecule has 0 unspecified atom stereocenters. The van der Waals surface area contributed by atoms with Crippen LogP contribution in [0.2, 0.25) is 0 Å². The van der Waals surface area contributed by atoms with Crippen LogP contribution in [0.1, 0.15) is 37.3 Å². The van der Waals surface area contributed by atoms with Crippen LogP contribution in [0.15, 0.2) is 54.6 Å². The molecule has 3 rings (SSSR count). The minimum absolute atomic E-state index is 0.0980. The van der Waals surface area contributed by atoms with Crippen molar-refractivity contribution in [2.24, 2.45) is 5.92 Å². The number of piperidine rings is 1. The molecule has 0 bridgehead atoms. The number of nitrogens with one attached hydrogen (secondary N) is 1. The van der Waals surface area contributed by atoms with Gasteiger partial charge in [0.25, 0.3) is 0 Å². The number of hydrogen-bond acceptors (Lipinski definition) is 4. The molecule has 7 heteroatoms. The van der Waals surface area contributed by atoms with Crippen LogP contribution in [-0.4, -0.2) is 50.6 Å². The van der Waals surface area contributed by atoms with Crippen LogP contribution in [-0.2, 0) is 27.7 Å². The number of nitrogens with zero attached hydrogens (tertiary/aromatic N) is 1. The van der Waals surface area contributed by atoms with E-state index in [1.807, 2.05) is 54.6 Å². The molecule has 2 aromatic rings. The quantitative estimate of drug-likeness (QED) is 0.524. The average molecular weight is 459 g/mol. The second kappa shape index (κ2) is 12.0. The lowest BCUT2D eigenvalue weighted by molar-refractivity contribution is -0.126. The number of aryl methyl sites for hydroxylation is 2. The molecular weight excluding hydrogens is 424 g/mol. The summed E-state index contributed by atoms with van der Waals surface area (Å²) in [4.78, 5) is 12.6. The molecule has 0 saturated carbocycles. The summed E-state index contributed by atoms with van der Waals surface area (Å²) >= 11 is 0. The van der Waals surface area contributed by atoms with Gasteiger partial charge in [-0.25, -0.2) is 12.7 Å². The highest BCUT2D eigenvalue weighted by atomic mass is 32.2. The highest BCUT2D eigenvalue weighted by Crippen LogP contribution is 2.20. The van der Waals surface area contributed by atoms with Gasteiger partial charge in [0.15, 0.2) is 0 Å². The molecule has 1 fully saturated rings. The Balaban J connectivity index is 1.40. The number of sulfonamides is 1. The summed E-state index contributed by atoms with van der Waals surface area (Å²) in [5.74, 6) is 0.485. The molecule has 1 N–H and O–H groups in total. The molecule has 0 aromatic heterocycles. The Morgan fingerprint density at radius 2 is 1.84 bits per heavy atom. The number of hydrogen-bond donors (Lipinski definition) is 1. The van der Waals surface area contributed by atoms with Crippen molar-refractivity contribution in [2.75, 3.05) is 32.0 Å². The Labute approximate surface area is 192 Å². The van der Waals surface area contributed by atoms with Crippen molar-refractivity contribution >= 4 is 15.9 Å². The number of amides is 1. The van der Waals surface area contributed by atoms with Crippen LogP contribution >= 0.6 is 0 Å². The lowest BCUT2D eigenvalue weighted by Gasteiger charge is -2.31. The molecule has 1 saturated heterocycles. The first-order valence-corrected chi connectivity index (χ1v) is 13.1. The topological polar surface area (TPSA) is 75.7 Å². The highest BCUT2D eigenvalue weighted by molar-refractivity contribution is 7.89. The van der Waals surface area contributed by atoms with E-state index in [4.69, 9.17) is 4.74 Å². The zero-order valence-electron chi connectivity index (χ0n) is 18.8. The molecule has 2 aromatic carbocycles. The second-order valence-electron chi connectivity index (χ2n) is 8.24. The van der Waals surface area contributed by atoms with Gasteiger partial charge in [0, 0.05) is 13.1 Å². The van der Waals surface area contributed by atoms with Gasteiger partial charge in [-0.1, -0.05) is 49.4 Å². The van der Waals surface area contributed by atoms with Crippen molar-refractivity contribution in [3.8, 4) is 5.75 Å². The summed E-state index contributed by atoms with van der Waals surface area (Å²) in [5.41, 5.74) is 2.39. The molecule has 6 nitrogen and oxygen atoms in total. The SMILES string of the molecule is CCc1ccc(OCCNC(=O)[C@@H]2CCCN(S(=O)(=O)CCCc3ccccc3)C2)cc1. The molecule has 1 aliphatic rings. The summed E-state index contributed by atoms with van der Waals surface area (Å²) in [6, 6.07) is 17.8. The molecule has 32 heavy (non-hydrogen) atoms. The monoisotopic (exact) mass is 458 g/mol. The lowest BCUT2D eigenvalue weighted by Crippen LogP contribution is -2.46. The highest BCUT2D eigenvalue weighted by Gasteiger charge is 2.31. The largest absolute Gasteiger partial charge is 0.492 e. The lowest BCUT2D eigenvalue weighted by atomic mass is 9.99. The van der Waals surface area contributed by atoms with Gasteiger partial charge < -0.3 is 10.1 Å². The summed E-state index contributed by atoms with van der Waals surface area (Å²) in [5, 5.41) is 2.90. The van der Waals surface area contributed by atoms with Crippen molar-refractivity contribution in [2.45, 2.75) is 39.0 Å². The number of rotatable bonds is 11. The predicted octanol–water partition coefficient (Wildman–Crippen LogP) is 3.42. The van der Waals surface area contributed by atoms with Gasteiger partial charge in [-0.05, 0) is 55.4 Å². The molecule has 1 atom stereocenters. The molecule has 1 aliphatic heterocycles. The van der Waals surface area contributed by atoms with Crippen molar-refractivity contribution in [1.82, 2.24) is 9.62 Å². The van der Waals surface area contributed by atoms with Gasteiger partial charge in [0.05, 0.1) is 18.2 Å². The smallest absolute Gasteiger partial charge is 0.224 e. The molecule has 0 aliphatic carbocycles. The van der Waals surface area contributed by atoms with Gasteiger partial charge in [0.2, 0.25) is 15.9 Å². The van der Waals surface area contributed by atoms with E-state index in [-0.39, 0.29) is 24.1 Å². The van der Waals surface area contributed by atoms with E-state index in [0.29, 0.717) is 39.0 Å². The molecule has 0 radical (unpaired) electrons. The van der Waals surface area contributed by atoms with E-state index < -0.39 is 10.0 Å². The Kier molecular flexibility index (Phi) is 9.11. The molecule has 0 spiro atoms. The fourth-order valence-corrected chi connectivity index (χ4v) is 5.53. The Morgan fingerprint density at radius 1 is 1.09 bits per heavy atom. The van der Waals surface area contributed by atoms with Crippen molar-refractivity contribution < 1.29 is 17.9 Å². The number of carbonyl (C=O) groups is 1. The van der Waals surface area contributed by atoms with E-state index in [2.05, 4.69) is 12.2 Å². The molecular formula is C25H34N2O4S. The summed E-state index contributed by atoms with van der Waals surface area (Å²) < 4.78 is 32.7. The minimum Gasteiger partial charge on any atom is -0.492 e. The average Bonchev–Trinajstić information content (AvgIpc) is 2.83. The minimum atomic E-state index is -3.36. The Hall–Kier alpha value is -2.38. The standard InChI is InChI=1S/C25H34N2O4S/c1-2-21-12-14-24(15-13-21)31-18-16-26-25(28)23-11-6-17-27(20-23)32(29,30)19-7-10-22-8-4-3-5-9-22/h3-5,8-9,12-15,23H,2,6-7,10-11,16-20H2,1H3,(H,26,28)/t23-/m1/s1. The summed E-state index contributed by atoms with van der Waals surface area (Å²) in [6.45, 7) is 3.64. The predicted molar refractivity (Wildman–Crippen MR) is 127 cm³/mol. The van der Waals surface area contributed by atoms with E-state index >= 15 is 0 Å². The van der Waals surface area contributed by atoms with Crippen LogP contribution in [0, 0.1) is 5.92 Å².